The first kappa shape index (κ1) is 25.5. The molecule has 0 fully saturated rings. The molecule has 1 aliphatic heterocycles. The van der Waals surface area contributed by atoms with Crippen LogP contribution >= 0.6 is 0 Å². The first-order valence-corrected chi connectivity index (χ1v) is 18.8. The van der Waals surface area contributed by atoms with Crippen molar-refractivity contribution in [2.45, 2.75) is 53.4 Å². The molecular formula is C36H36BiN. The summed E-state index contributed by atoms with van der Waals surface area (Å²) in [6.45, 7) is 14.0. The van der Waals surface area contributed by atoms with Crippen LogP contribution in [0.5, 0.6) is 0 Å². The number of hydrogen-bond acceptors (Lipinski definition) is 1. The second kappa shape index (κ2) is 9.42. The topological polar surface area (TPSA) is 12.9 Å². The molecule has 0 saturated carbocycles. The van der Waals surface area contributed by atoms with Crippen molar-refractivity contribution < 1.29 is 0 Å². The fourth-order valence-corrected chi connectivity index (χ4v) is 16.7. The van der Waals surface area contributed by atoms with E-state index in [1.54, 1.807) is 9.81 Å². The third-order valence-corrected chi connectivity index (χ3v) is 17.7. The van der Waals surface area contributed by atoms with E-state index in [1.807, 2.05) is 0 Å². The van der Waals surface area contributed by atoms with E-state index in [-0.39, 0.29) is 10.8 Å². The maximum absolute atomic E-state index is 5.11. The van der Waals surface area contributed by atoms with Gasteiger partial charge in [-0.1, -0.05) is 0 Å². The van der Waals surface area contributed by atoms with Gasteiger partial charge in [-0.15, -0.1) is 0 Å². The monoisotopic (exact) mass is 691 g/mol. The summed E-state index contributed by atoms with van der Waals surface area (Å²) in [4.78, 5) is 5.11. The van der Waals surface area contributed by atoms with Gasteiger partial charge in [-0.05, 0) is 0 Å². The molecule has 0 bridgehead atoms. The summed E-state index contributed by atoms with van der Waals surface area (Å²) in [6, 6.07) is 34.3. The van der Waals surface area contributed by atoms with Crippen LogP contribution in [-0.2, 0) is 11.8 Å². The molecule has 0 unspecified atom stereocenters. The Labute approximate surface area is 235 Å². The van der Waals surface area contributed by atoms with Crippen LogP contribution in [0.4, 0.5) is 0 Å². The first-order chi connectivity index (χ1) is 18.1. The molecule has 190 valence electrons. The van der Waals surface area contributed by atoms with Crippen molar-refractivity contribution in [2.75, 3.05) is 0 Å². The predicted molar refractivity (Wildman–Crippen MR) is 166 cm³/mol. The van der Waals surface area contributed by atoms with Crippen LogP contribution in [0.1, 0.15) is 52.7 Å². The Kier molecular flexibility index (Phi) is 6.31. The van der Waals surface area contributed by atoms with Crippen molar-refractivity contribution in [1.29, 1.82) is 0 Å². The maximum atomic E-state index is 5.11. The fraction of sp³-hybridized carbons (Fsp3) is 0.250. The molecule has 38 heavy (non-hydrogen) atoms. The number of fused-ring (bicyclic) bond motifs is 4. The summed E-state index contributed by atoms with van der Waals surface area (Å²) >= 11 is -2.52. The van der Waals surface area contributed by atoms with Crippen molar-refractivity contribution >= 4 is 42.3 Å². The molecule has 0 radical (unpaired) electrons. The zero-order valence-corrected chi connectivity index (χ0v) is 26.8. The number of aromatic nitrogens is 1. The van der Waals surface area contributed by atoms with E-state index in [0.29, 0.717) is 0 Å². The number of hydrogen-bond donors (Lipinski definition) is 0. The van der Waals surface area contributed by atoms with Crippen LogP contribution in [-0.4, -0.2) is 26.7 Å². The van der Waals surface area contributed by atoms with Gasteiger partial charge in [0, 0.05) is 0 Å². The van der Waals surface area contributed by atoms with Crippen LogP contribution in [0.15, 0.2) is 97.2 Å². The summed E-state index contributed by atoms with van der Waals surface area (Å²) in [6.07, 6.45) is 3.16. The molecule has 0 aliphatic carbocycles. The van der Waals surface area contributed by atoms with Crippen LogP contribution < -0.4 is 9.81 Å². The third-order valence-electron chi connectivity index (χ3n) is 7.46. The van der Waals surface area contributed by atoms with Crippen LogP contribution in [0.2, 0.25) is 0 Å². The molecule has 6 rings (SSSR count). The molecule has 0 saturated heterocycles. The Morgan fingerprint density at radius 2 is 1.47 bits per heavy atom. The summed E-state index contributed by atoms with van der Waals surface area (Å²) in [5, 5.41) is 2.63. The number of rotatable bonds is 3. The van der Waals surface area contributed by atoms with E-state index >= 15 is 0 Å². The molecule has 0 spiro atoms. The van der Waals surface area contributed by atoms with Gasteiger partial charge in [0.15, 0.2) is 0 Å². The van der Waals surface area contributed by atoms with Crippen molar-refractivity contribution in [3.63, 3.8) is 0 Å². The molecule has 2 heteroatoms. The van der Waals surface area contributed by atoms with Gasteiger partial charge < -0.3 is 0 Å². The third kappa shape index (κ3) is 4.52. The summed E-state index contributed by atoms with van der Waals surface area (Å²) in [5.74, 6) is 0. The van der Waals surface area contributed by atoms with Crippen molar-refractivity contribution in [1.82, 2.24) is 4.98 Å². The Bertz CT molecular complexity index is 1650. The summed E-state index contributed by atoms with van der Waals surface area (Å²) < 4.78 is 4.78. The second-order valence-electron chi connectivity index (χ2n) is 12.8. The molecule has 5 aromatic rings. The fourth-order valence-electron chi connectivity index (χ4n) is 5.93. The molecule has 0 N–H and O–H groups in total. The average molecular weight is 692 g/mol. The van der Waals surface area contributed by atoms with Gasteiger partial charge in [0.1, 0.15) is 0 Å². The van der Waals surface area contributed by atoms with Gasteiger partial charge in [0.2, 0.25) is 0 Å². The number of nitrogens with zero attached hydrogens (tertiary/aromatic N) is 1. The van der Waals surface area contributed by atoms with Gasteiger partial charge in [-0.2, -0.15) is 0 Å². The minimum atomic E-state index is -2.52. The molecule has 4 aromatic carbocycles. The quantitative estimate of drug-likeness (QED) is 0.178. The standard InChI is InChI=1S/C30H31N.C6H5.Bi/c1-29(2,3)20-21-11-9-13-22(17-21)26-15-10-16-31-28(26)24-18-23-12-7-8-14-25(23)27(19-24)30(4,5)6;1-2-4-6-5-3-1;/h7-14,16,18-19H,20H2,1-6H3;1-5H;. The second-order valence-corrected chi connectivity index (χ2v) is 21.0. The Balaban J connectivity index is 1.65. The Morgan fingerprint density at radius 3 is 2.21 bits per heavy atom. The van der Waals surface area contributed by atoms with Gasteiger partial charge in [0.05, 0.1) is 0 Å². The van der Waals surface area contributed by atoms with E-state index in [2.05, 4.69) is 139 Å². The normalized spacial score (nSPS) is 13.5. The Hall–Kier alpha value is -2.83. The Morgan fingerprint density at radius 1 is 0.737 bits per heavy atom. The van der Waals surface area contributed by atoms with Crippen molar-refractivity contribution in [2.24, 2.45) is 5.41 Å². The molecule has 0 atom stereocenters. The molecule has 0 amide bonds. The predicted octanol–water partition coefficient (Wildman–Crippen LogP) is 7.28. The van der Waals surface area contributed by atoms with Crippen molar-refractivity contribution in [3.8, 4) is 22.4 Å². The molecule has 2 heterocycles. The first-order valence-electron chi connectivity index (χ1n) is 13.6. The van der Waals surface area contributed by atoms with Gasteiger partial charge in [-0.3, -0.25) is 0 Å². The van der Waals surface area contributed by atoms with E-state index in [1.165, 1.54) is 38.6 Å². The summed E-state index contributed by atoms with van der Waals surface area (Å²) in [5.41, 5.74) is 8.37. The van der Waals surface area contributed by atoms with E-state index < -0.39 is 21.8 Å². The van der Waals surface area contributed by atoms with Crippen LogP contribution in [0.25, 0.3) is 33.2 Å². The molecule has 1 aliphatic rings. The van der Waals surface area contributed by atoms with Gasteiger partial charge >= 0.3 is 237 Å². The van der Waals surface area contributed by atoms with Crippen LogP contribution in [0, 0.1) is 5.41 Å². The molecule has 1 nitrogen and oxygen atoms in total. The molecular weight excluding hydrogens is 655 g/mol. The number of pyridine rings is 1. The van der Waals surface area contributed by atoms with Crippen LogP contribution in [0.3, 0.4) is 0 Å². The minimum absolute atomic E-state index is 0.0385. The zero-order valence-electron chi connectivity index (χ0n) is 23.3. The average Bonchev–Trinajstić information content (AvgIpc) is 3.23. The van der Waals surface area contributed by atoms with E-state index in [4.69, 9.17) is 4.98 Å². The van der Waals surface area contributed by atoms with E-state index in [9.17, 15) is 0 Å². The van der Waals surface area contributed by atoms with E-state index in [0.717, 1.165) is 12.1 Å². The zero-order chi connectivity index (χ0) is 26.7. The van der Waals surface area contributed by atoms with Gasteiger partial charge in [0.25, 0.3) is 0 Å². The summed E-state index contributed by atoms with van der Waals surface area (Å²) in [7, 11) is 0. The SMILES string of the molecule is CC(C)(C)Cc1cccc2[c]1[Bi]([c]1ccccc1)[c]1ccnc(-c3cc(C(C)(C)C)c4ccccc4c3)c1-2. The van der Waals surface area contributed by atoms with Gasteiger partial charge in [-0.25, -0.2) is 0 Å². The molecule has 1 aromatic heterocycles. The number of benzene rings is 4. The van der Waals surface area contributed by atoms with Crippen molar-refractivity contribution in [3.05, 3.63) is 108 Å².